The summed E-state index contributed by atoms with van der Waals surface area (Å²) in [5.74, 6) is -0.300. The van der Waals surface area contributed by atoms with Crippen LogP contribution in [0.3, 0.4) is 0 Å². The van der Waals surface area contributed by atoms with Gasteiger partial charge in [0.2, 0.25) is 5.91 Å². The maximum absolute atomic E-state index is 13.2. The molecule has 0 heterocycles. The average Bonchev–Trinajstić information content (AvgIpc) is 2.69. The number of hydrogen-bond donors (Lipinski definition) is 1. The molecule has 160 valence electrons. The second-order valence-corrected chi connectivity index (χ2v) is 9.87. The van der Waals surface area contributed by atoms with Crippen LogP contribution in [0.15, 0.2) is 58.3 Å². The van der Waals surface area contributed by atoms with Gasteiger partial charge in [0, 0.05) is 15.2 Å². The lowest BCUT2D eigenvalue weighted by Gasteiger charge is -2.32. The van der Waals surface area contributed by atoms with E-state index in [2.05, 4.69) is 5.32 Å². The number of nitrogens with one attached hydrogen (secondary N) is 1. The van der Waals surface area contributed by atoms with E-state index >= 15 is 0 Å². The van der Waals surface area contributed by atoms with Crippen LogP contribution in [0.5, 0.6) is 0 Å². The lowest BCUT2D eigenvalue weighted by molar-refractivity contribution is -0.137. The Labute approximate surface area is 182 Å². The zero-order valence-electron chi connectivity index (χ0n) is 16.4. The van der Waals surface area contributed by atoms with Crippen molar-refractivity contribution in [3.8, 4) is 0 Å². The van der Waals surface area contributed by atoms with Crippen LogP contribution in [0.4, 0.5) is 23.7 Å². The SMILES string of the molecule is CC1(C(=O)Nc2cc(C(F)(F)F)ccc2SC(=O)Sc2ccccc2)CCCCC1. The molecule has 0 aromatic heterocycles. The number of halogens is 3. The predicted molar refractivity (Wildman–Crippen MR) is 115 cm³/mol. The van der Waals surface area contributed by atoms with Crippen molar-refractivity contribution < 1.29 is 22.8 Å². The number of anilines is 1. The monoisotopic (exact) mass is 453 g/mol. The van der Waals surface area contributed by atoms with Gasteiger partial charge in [-0.25, -0.2) is 0 Å². The van der Waals surface area contributed by atoms with Crippen LogP contribution in [0.25, 0.3) is 0 Å². The average molecular weight is 454 g/mol. The molecule has 0 spiro atoms. The van der Waals surface area contributed by atoms with Gasteiger partial charge in [-0.15, -0.1) is 0 Å². The molecule has 2 aromatic carbocycles. The number of amides is 1. The van der Waals surface area contributed by atoms with Gasteiger partial charge in [-0.05, 0) is 66.7 Å². The summed E-state index contributed by atoms with van der Waals surface area (Å²) in [4.78, 5) is 26.4. The Balaban J connectivity index is 1.83. The lowest BCUT2D eigenvalue weighted by Crippen LogP contribution is -2.35. The molecule has 1 aliphatic carbocycles. The molecule has 0 unspecified atom stereocenters. The van der Waals surface area contributed by atoms with Gasteiger partial charge in [0.1, 0.15) is 0 Å². The molecular formula is C22H22F3NO2S2. The number of carbonyl (C=O) groups excluding carboxylic acids is 2. The number of rotatable bonds is 4. The first-order chi connectivity index (χ1) is 14.2. The van der Waals surface area contributed by atoms with Crippen LogP contribution >= 0.6 is 23.5 Å². The highest BCUT2D eigenvalue weighted by Crippen LogP contribution is 2.41. The van der Waals surface area contributed by atoms with Crippen LogP contribution in [0.2, 0.25) is 0 Å². The summed E-state index contributed by atoms with van der Waals surface area (Å²) in [7, 11) is 0. The summed E-state index contributed by atoms with van der Waals surface area (Å²) in [6.45, 7) is 1.85. The maximum Gasteiger partial charge on any atom is 0.416 e. The second-order valence-electron chi connectivity index (χ2n) is 7.55. The number of carbonyl (C=O) groups is 2. The fraction of sp³-hybridized carbons (Fsp3) is 0.364. The highest BCUT2D eigenvalue weighted by molar-refractivity contribution is 8.38. The van der Waals surface area contributed by atoms with Crippen molar-refractivity contribution in [3.05, 3.63) is 54.1 Å². The zero-order valence-corrected chi connectivity index (χ0v) is 18.1. The molecule has 1 N–H and O–H groups in total. The van der Waals surface area contributed by atoms with Gasteiger partial charge in [-0.2, -0.15) is 13.2 Å². The zero-order chi connectivity index (χ0) is 21.8. The van der Waals surface area contributed by atoms with Gasteiger partial charge in [0.25, 0.3) is 4.45 Å². The normalized spacial score (nSPS) is 16.1. The van der Waals surface area contributed by atoms with Gasteiger partial charge >= 0.3 is 6.18 Å². The Morgan fingerprint density at radius 3 is 2.27 bits per heavy atom. The third-order valence-electron chi connectivity index (χ3n) is 5.20. The van der Waals surface area contributed by atoms with E-state index in [9.17, 15) is 22.8 Å². The molecule has 0 atom stereocenters. The van der Waals surface area contributed by atoms with Crippen LogP contribution in [0.1, 0.15) is 44.6 Å². The summed E-state index contributed by atoms with van der Waals surface area (Å²) in [5.41, 5.74) is -1.45. The van der Waals surface area contributed by atoms with Crippen molar-refractivity contribution in [1.29, 1.82) is 0 Å². The first-order valence-corrected chi connectivity index (χ1v) is 11.3. The molecule has 3 nitrogen and oxygen atoms in total. The molecule has 1 fully saturated rings. The van der Waals surface area contributed by atoms with E-state index < -0.39 is 17.2 Å². The molecule has 30 heavy (non-hydrogen) atoms. The van der Waals surface area contributed by atoms with E-state index in [0.29, 0.717) is 17.7 Å². The van der Waals surface area contributed by atoms with Crippen molar-refractivity contribution in [3.63, 3.8) is 0 Å². The van der Waals surface area contributed by atoms with Gasteiger partial charge in [0.05, 0.1) is 11.3 Å². The summed E-state index contributed by atoms with van der Waals surface area (Å²) in [5, 5.41) is 2.68. The third-order valence-corrected chi connectivity index (χ3v) is 7.12. The molecule has 0 bridgehead atoms. The molecule has 3 rings (SSSR count). The van der Waals surface area contributed by atoms with Gasteiger partial charge in [-0.3, -0.25) is 9.59 Å². The predicted octanol–water partition coefficient (Wildman–Crippen LogP) is 7.62. The van der Waals surface area contributed by atoms with Crippen LogP contribution in [-0.4, -0.2) is 10.4 Å². The largest absolute Gasteiger partial charge is 0.416 e. The van der Waals surface area contributed by atoms with Crippen molar-refractivity contribution in [2.24, 2.45) is 5.41 Å². The highest BCUT2D eigenvalue weighted by atomic mass is 32.2. The minimum atomic E-state index is -4.54. The van der Waals surface area contributed by atoms with Gasteiger partial charge in [0.15, 0.2) is 0 Å². The molecule has 2 aromatic rings. The van der Waals surface area contributed by atoms with Crippen LogP contribution in [-0.2, 0) is 11.0 Å². The fourth-order valence-electron chi connectivity index (χ4n) is 3.42. The minimum absolute atomic E-state index is 0.0219. The quantitative estimate of drug-likeness (QED) is 0.484. The van der Waals surface area contributed by atoms with Gasteiger partial charge in [-0.1, -0.05) is 44.4 Å². The molecule has 0 aliphatic heterocycles. The number of benzene rings is 2. The van der Waals surface area contributed by atoms with E-state index in [0.717, 1.165) is 59.8 Å². The fourth-order valence-corrected chi connectivity index (χ4v) is 5.17. The van der Waals surface area contributed by atoms with E-state index in [1.165, 1.54) is 6.07 Å². The number of alkyl halides is 3. The number of hydrogen-bond acceptors (Lipinski definition) is 4. The molecule has 0 saturated heterocycles. The van der Waals surface area contributed by atoms with E-state index in [1.807, 2.05) is 13.0 Å². The minimum Gasteiger partial charge on any atom is -0.325 e. The molecule has 1 amide bonds. The molecule has 0 radical (unpaired) electrons. The van der Waals surface area contributed by atoms with E-state index in [-0.39, 0.29) is 16.0 Å². The Morgan fingerprint density at radius 2 is 1.63 bits per heavy atom. The van der Waals surface area contributed by atoms with Crippen molar-refractivity contribution in [2.75, 3.05) is 5.32 Å². The highest BCUT2D eigenvalue weighted by Gasteiger charge is 2.36. The van der Waals surface area contributed by atoms with Gasteiger partial charge < -0.3 is 5.32 Å². The topological polar surface area (TPSA) is 46.2 Å². The third kappa shape index (κ3) is 5.82. The molecular weight excluding hydrogens is 431 g/mol. The second kappa shape index (κ2) is 9.47. The number of thioether (sulfide) groups is 2. The smallest absolute Gasteiger partial charge is 0.325 e. The summed E-state index contributed by atoms with van der Waals surface area (Å²) < 4.78 is 39.4. The molecule has 1 saturated carbocycles. The Hall–Kier alpha value is -1.93. The Bertz CT molecular complexity index is 910. The van der Waals surface area contributed by atoms with Crippen molar-refractivity contribution in [1.82, 2.24) is 0 Å². The summed E-state index contributed by atoms with van der Waals surface area (Å²) in [6, 6.07) is 12.1. The first kappa shape index (κ1) is 22.7. The molecule has 8 heteroatoms. The maximum atomic E-state index is 13.2. The van der Waals surface area contributed by atoms with Crippen molar-refractivity contribution in [2.45, 2.75) is 55.0 Å². The lowest BCUT2D eigenvalue weighted by atomic mass is 9.75. The molecule has 1 aliphatic rings. The summed E-state index contributed by atoms with van der Waals surface area (Å²) in [6.07, 6.45) is -0.258. The summed E-state index contributed by atoms with van der Waals surface area (Å²) >= 11 is 1.81. The van der Waals surface area contributed by atoms with E-state index in [1.54, 1.807) is 24.3 Å². The first-order valence-electron chi connectivity index (χ1n) is 9.65. The van der Waals surface area contributed by atoms with E-state index in [4.69, 9.17) is 0 Å². The van der Waals surface area contributed by atoms with Crippen LogP contribution in [0, 0.1) is 5.41 Å². The Morgan fingerprint density at radius 1 is 0.967 bits per heavy atom. The standard InChI is InChI=1S/C22H22F3NO2S2/c1-21(12-6-3-7-13-21)19(27)26-17-14-15(22(23,24)25)10-11-18(17)30-20(28)29-16-8-4-2-5-9-16/h2,4-5,8-11,14H,3,6-7,12-13H2,1H3,(H,26,27). The van der Waals surface area contributed by atoms with Crippen LogP contribution < -0.4 is 5.32 Å². The van der Waals surface area contributed by atoms with Crippen molar-refractivity contribution >= 4 is 39.6 Å². The Kier molecular flexibility index (Phi) is 7.18.